The Morgan fingerprint density at radius 1 is 1.27 bits per heavy atom. The monoisotopic (exact) mass is 371 g/mol. The predicted molar refractivity (Wildman–Crippen MR) is 96.3 cm³/mol. The summed E-state index contributed by atoms with van der Waals surface area (Å²) in [4.78, 5) is 29.3. The fraction of sp³-hybridized carbons (Fsp3) is 0.111. The summed E-state index contributed by atoms with van der Waals surface area (Å²) in [5.41, 5.74) is -0.200. The third-order valence-electron chi connectivity index (χ3n) is 3.85. The van der Waals surface area contributed by atoms with E-state index in [1.165, 1.54) is 23.3 Å². The molecule has 0 saturated carbocycles. The molecular formula is C18H14ClN3O4. The van der Waals surface area contributed by atoms with Crippen LogP contribution in [-0.2, 0) is 0 Å². The summed E-state index contributed by atoms with van der Waals surface area (Å²) in [5, 5.41) is 11.1. The van der Waals surface area contributed by atoms with Crippen molar-refractivity contribution in [2.75, 3.05) is 4.90 Å². The van der Waals surface area contributed by atoms with E-state index in [0.29, 0.717) is 11.6 Å². The highest BCUT2D eigenvalue weighted by atomic mass is 35.5. The van der Waals surface area contributed by atoms with Crippen LogP contribution in [0.1, 0.15) is 29.1 Å². The molecule has 3 rings (SSSR count). The first-order valence-corrected chi connectivity index (χ1v) is 8.08. The van der Waals surface area contributed by atoms with Crippen LogP contribution in [0, 0.1) is 10.1 Å². The number of nitro groups is 1. The number of aromatic nitrogens is 1. The maximum atomic E-state index is 13.1. The molecule has 2 aromatic heterocycles. The number of anilines is 1. The molecule has 132 valence electrons. The van der Waals surface area contributed by atoms with E-state index < -0.39 is 16.9 Å². The summed E-state index contributed by atoms with van der Waals surface area (Å²) < 4.78 is 5.41. The number of pyridine rings is 1. The number of carbonyl (C=O) groups is 1. The van der Waals surface area contributed by atoms with E-state index in [1.807, 2.05) is 0 Å². The Morgan fingerprint density at radius 3 is 2.69 bits per heavy atom. The highest BCUT2D eigenvalue weighted by molar-refractivity contribution is 6.32. The number of hydrogen-bond donors (Lipinski definition) is 0. The predicted octanol–water partition coefficient (Wildman–Crippen LogP) is 4.64. The van der Waals surface area contributed by atoms with E-state index in [4.69, 9.17) is 16.0 Å². The lowest BCUT2D eigenvalue weighted by atomic mass is 10.1. The molecule has 0 unspecified atom stereocenters. The molecule has 0 fully saturated rings. The first kappa shape index (κ1) is 17.6. The Labute approximate surface area is 154 Å². The van der Waals surface area contributed by atoms with Crippen molar-refractivity contribution in [1.82, 2.24) is 4.98 Å². The molecule has 1 atom stereocenters. The molecule has 7 nitrogen and oxygen atoms in total. The molecule has 0 aliphatic carbocycles. The molecule has 0 aliphatic heterocycles. The number of benzene rings is 1. The van der Waals surface area contributed by atoms with E-state index in [0.717, 1.165) is 6.07 Å². The molecule has 26 heavy (non-hydrogen) atoms. The number of amides is 1. The first-order chi connectivity index (χ1) is 12.5. The molecule has 1 amide bonds. The molecule has 0 radical (unpaired) electrons. The maximum Gasteiger partial charge on any atom is 0.288 e. The van der Waals surface area contributed by atoms with Gasteiger partial charge in [-0.15, -0.1) is 0 Å². The summed E-state index contributed by atoms with van der Waals surface area (Å²) in [7, 11) is 0. The van der Waals surface area contributed by atoms with Crippen LogP contribution in [0.25, 0.3) is 0 Å². The molecule has 0 bridgehead atoms. The quantitative estimate of drug-likeness (QED) is 0.481. The first-order valence-electron chi connectivity index (χ1n) is 7.71. The minimum atomic E-state index is -0.625. The van der Waals surface area contributed by atoms with Crippen molar-refractivity contribution in [2.24, 2.45) is 0 Å². The van der Waals surface area contributed by atoms with Crippen LogP contribution in [0.4, 0.5) is 11.5 Å². The Balaban J connectivity index is 2.06. The summed E-state index contributed by atoms with van der Waals surface area (Å²) in [6.45, 7) is 1.79. The normalized spacial score (nSPS) is 11.8. The zero-order valence-electron chi connectivity index (χ0n) is 13.7. The van der Waals surface area contributed by atoms with Gasteiger partial charge in [0.25, 0.3) is 11.6 Å². The van der Waals surface area contributed by atoms with Gasteiger partial charge in [-0.25, -0.2) is 4.98 Å². The summed E-state index contributed by atoms with van der Waals surface area (Å²) >= 11 is 5.84. The lowest BCUT2D eigenvalue weighted by Gasteiger charge is -2.27. The minimum absolute atomic E-state index is 0.0324. The van der Waals surface area contributed by atoms with E-state index in [9.17, 15) is 14.9 Å². The van der Waals surface area contributed by atoms with Gasteiger partial charge in [-0.05, 0) is 43.3 Å². The molecular weight excluding hydrogens is 358 g/mol. The van der Waals surface area contributed by atoms with Gasteiger partial charge < -0.3 is 4.42 Å². The zero-order valence-corrected chi connectivity index (χ0v) is 14.5. The van der Waals surface area contributed by atoms with Gasteiger partial charge in [-0.1, -0.05) is 17.7 Å². The molecule has 0 N–H and O–H groups in total. The lowest BCUT2D eigenvalue weighted by molar-refractivity contribution is -0.384. The largest absolute Gasteiger partial charge is 0.467 e. The van der Waals surface area contributed by atoms with Crippen molar-refractivity contribution in [2.45, 2.75) is 13.0 Å². The van der Waals surface area contributed by atoms with Crippen LogP contribution >= 0.6 is 11.6 Å². The molecule has 1 aromatic carbocycles. The minimum Gasteiger partial charge on any atom is -0.467 e. The molecule has 0 saturated heterocycles. The topological polar surface area (TPSA) is 89.5 Å². The summed E-state index contributed by atoms with van der Waals surface area (Å²) in [5.74, 6) is 0.513. The van der Waals surface area contributed by atoms with Crippen LogP contribution < -0.4 is 4.90 Å². The smallest absolute Gasteiger partial charge is 0.288 e. The Bertz CT molecular complexity index is 929. The fourth-order valence-corrected chi connectivity index (χ4v) is 2.74. The number of nitrogens with zero attached hydrogens (tertiary/aromatic N) is 3. The number of furan rings is 1. The van der Waals surface area contributed by atoms with Gasteiger partial charge in [0, 0.05) is 17.8 Å². The number of carbonyl (C=O) groups excluding carboxylic acids is 1. The van der Waals surface area contributed by atoms with Crippen molar-refractivity contribution in [3.05, 3.63) is 87.5 Å². The third-order valence-corrected chi connectivity index (χ3v) is 4.17. The second kappa shape index (κ2) is 7.37. The molecule has 0 aliphatic rings. The maximum absolute atomic E-state index is 13.1. The van der Waals surface area contributed by atoms with E-state index >= 15 is 0 Å². The lowest BCUT2D eigenvalue weighted by Crippen LogP contribution is -2.34. The van der Waals surface area contributed by atoms with Gasteiger partial charge >= 0.3 is 0 Å². The number of halogens is 1. The molecule has 0 spiro atoms. The van der Waals surface area contributed by atoms with Crippen molar-refractivity contribution in [3.63, 3.8) is 0 Å². The molecule has 2 heterocycles. The molecule has 3 aromatic rings. The van der Waals surface area contributed by atoms with Gasteiger partial charge in [-0.2, -0.15) is 0 Å². The average Bonchev–Trinajstić information content (AvgIpc) is 3.17. The SMILES string of the molecule is C[C@H](c1ccco1)N(C(=O)c1ccc(Cl)c([N+](=O)[O-])c1)c1ccccn1. The van der Waals surface area contributed by atoms with Crippen LogP contribution in [0.15, 0.2) is 65.4 Å². The second-order valence-electron chi connectivity index (χ2n) is 5.48. The summed E-state index contributed by atoms with van der Waals surface area (Å²) in [6, 6.07) is 12.1. The number of nitro benzene ring substituents is 1. The van der Waals surface area contributed by atoms with E-state index in [2.05, 4.69) is 4.98 Å². The van der Waals surface area contributed by atoms with Crippen molar-refractivity contribution in [3.8, 4) is 0 Å². The Kier molecular flexibility index (Phi) is 4.99. The van der Waals surface area contributed by atoms with Gasteiger partial charge in [0.1, 0.15) is 16.6 Å². The zero-order chi connectivity index (χ0) is 18.7. The number of rotatable bonds is 5. The van der Waals surface area contributed by atoms with Crippen LogP contribution in [0.5, 0.6) is 0 Å². The van der Waals surface area contributed by atoms with Gasteiger partial charge in [0.2, 0.25) is 0 Å². The molecule has 8 heteroatoms. The second-order valence-corrected chi connectivity index (χ2v) is 5.88. The third kappa shape index (κ3) is 3.43. The van der Waals surface area contributed by atoms with Gasteiger partial charge in [-0.3, -0.25) is 19.8 Å². The van der Waals surface area contributed by atoms with Crippen LogP contribution in [-0.4, -0.2) is 15.8 Å². The standard InChI is InChI=1S/C18H14ClN3O4/c1-12(16-5-4-10-26-16)21(17-6-2-3-9-20-17)18(23)13-7-8-14(19)15(11-13)22(24)25/h2-12H,1H3/t12-/m1/s1. The van der Waals surface area contributed by atoms with Gasteiger partial charge in [0.05, 0.1) is 17.2 Å². The Morgan fingerprint density at radius 2 is 2.08 bits per heavy atom. The van der Waals surface area contributed by atoms with Crippen molar-refractivity contribution >= 4 is 29.0 Å². The van der Waals surface area contributed by atoms with Crippen molar-refractivity contribution < 1.29 is 14.1 Å². The van der Waals surface area contributed by atoms with Crippen LogP contribution in [0.2, 0.25) is 5.02 Å². The number of hydrogen-bond acceptors (Lipinski definition) is 5. The van der Waals surface area contributed by atoms with Gasteiger partial charge in [0.15, 0.2) is 0 Å². The summed E-state index contributed by atoms with van der Waals surface area (Å²) in [6.07, 6.45) is 3.08. The van der Waals surface area contributed by atoms with E-state index in [1.54, 1.807) is 43.5 Å². The van der Waals surface area contributed by atoms with Crippen molar-refractivity contribution in [1.29, 1.82) is 0 Å². The van der Waals surface area contributed by atoms with E-state index in [-0.39, 0.29) is 16.3 Å². The highest BCUT2D eigenvalue weighted by Crippen LogP contribution is 2.30. The average molecular weight is 372 g/mol. The van der Waals surface area contributed by atoms with Crippen LogP contribution in [0.3, 0.4) is 0 Å². The fourth-order valence-electron chi connectivity index (χ4n) is 2.56. The Hall–Kier alpha value is -3.19. The highest BCUT2D eigenvalue weighted by Gasteiger charge is 2.28.